The maximum absolute atomic E-state index is 13.7. The maximum atomic E-state index is 13.7. The summed E-state index contributed by atoms with van der Waals surface area (Å²) in [5.41, 5.74) is -0.390. The van der Waals surface area contributed by atoms with Gasteiger partial charge < -0.3 is 5.32 Å². The summed E-state index contributed by atoms with van der Waals surface area (Å²) >= 11 is 0. The van der Waals surface area contributed by atoms with E-state index in [1.54, 1.807) is 30.3 Å². The van der Waals surface area contributed by atoms with Crippen LogP contribution in [0.25, 0.3) is 0 Å². The maximum Gasteiger partial charge on any atom is 0.365 e. The van der Waals surface area contributed by atoms with Crippen molar-refractivity contribution in [2.24, 2.45) is 0 Å². The fraction of sp³-hybridized carbons (Fsp3) is 0.111. The average molecular weight is 385 g/mol. The molecule has 0 aliphatic carbocycles. The summed E-state index contributed by atoms with van der Waals surface area (Å²) in [6, 6.07) is 10.9. The summed E-state index contributed by atoms with van der Waals surface area (Å²) in [6.45, 7) is -0.476. The molecule has 0 saturated heterocycles. The monoisotopic (exact) mass is 385 g/mol. The summed E-state index contributed by atoms with van der Waals surface area (Å²) in [7, 11) is 0. The third-order valence-electron chi connectivity index (χ3n) is 4.21. The Bertz CT molecular complexity index is 1140. The number of anilines is 2. The third kappa shape index (κ3) is 3.04. The first-order chi connectivity index (χ1) is 13.4. The van der Waals surface area contributed by atoms with Gasteiger partial charge in [0.25, 0.3) is 0 Å². The van der Waals surface area contributed by atoms with Gasteiger partial charge in [-0.25, -0.2) is 23.1 Å². The van der Waals surface area contributed by atoms with Gasteiger partial charge in [-0.2, -0.15) is 9.67 Å². The number of carbonyl (C=O) groups is 2. The number of rotatable bonds is 4. The molecule has 28 heavy (non-hydrogen) atoms. The molecule has 10 heteroatoms. The zero-order valence-electron chi connectivity index (χ0n) is 14.3. The first-order valence-electron chi connectivity index (χ1n) is 8.24. The predicted molar refractivity (Wildman–Crippen MR) is 94.9 cm³/mol. The van der Waals surface area contributed by atoms with E-state index in [1.165, 1.54) is 4.90 Å². The number of amides is 2. The average Bonchev–Trinajstić information content (AvgIpc) is 3.14. The number of hydrogen-bond donors (Lipinski definition) is 1. The van der Waals surface area contributed by atoms with Crippen LogP contribution in [0.3, 0.4) is 0 Å². The highest BCUT2D eigenvalue weighted by atomic mass is 19.1. The minimum Gasteiger partial charge on any atom is -0.322 e. The lowest BCUT2D eigenvalue weighted by atomic mass is 10.3. The minimum atomic E-state index is -0.953. The molecular weight excluding hydrogens is 372 g/mol. The van der Waals surface area contributed by atoms with Gasteiger partial charge in [0.15, 0.2) is 5.82 Å². The molecule has 1 aliphatic rings. The van der Waals surface area contributed by atoms with Gasteiger partial charge >= 0.3 is 11.7 Å². The van der Waals surface area contributed by atoms with Crippen molar-refractivity contribution >= 4 is 23.3 Å². The van der Waals surface area contributed by atoms with Crippen LogP contribution < -0.4 is 15.9 Å². The highest BCUT2D eigenvalue weighted by Gasteiger charge is 2.33. The van der Waals surface area contributed by atoms with Crippen molar-refractivity contribution in [3.05, 3.63) is 76.5 Å². The van der Waals surface area contributed by atoms with Crippen LogP contribution in [0.2, 0.25) is 0 Å². The zero-order chi connectivity index (χ0) is 19.8. The number of carbonyl (C=O) groups excluding carboxylic acids is 2. The molecule has 0 bridgehead atoms. The minimum absolute atomic E-state index is 0.0826. The normalized spacial score (nSPS) is 12.9. The number of nitrogens with zero attached hydrogens (tertiary/aromatic N) is 4. The van der Waals surface area contributed by atoms with E-state index in [1.807, 2.05) is 0 Å². The number of hydrogen-bond acceptors (Lipinski definition) is 4. The second-order valence-corrected chi connectivity index (χ2v) is 6.06. The second kappa shape index (κ2) is 6.72. The van der Waals surface area contributed by atoms with Crippen LogP contribution in [0.15, 0.2) is 53.3 Å². The summed E-state index contributed by atoms with van der Waals surface area (Å²) < 4.78 is 28.5. The molecule has 1 N–H and O–H groups in total. The van der Waals surface area contributed by atoms with E-state index >= 15 is 0 Å². The first kappa shape index (κ1) is 17.6. The van der Waals surface area contributed by atoms with Gasteiger partial charge in [-0.1, -0.05) is 18.2 Å². The highest BCUT2D eigenvalue weighted by molar-refractivity contribution is 5.96. The Morgan fingerprint density at radius 1 is 1.11 bits per heavy atom. The molecule has 4 rings (SSSR count). The SMILES string of the molecule is O=C(Cn1c(=O)nc2n1C(=O)N(c1ccccc1)C2)Nc1ccc(F)cc1F. The lowest BCUT2D eigenvalue weighted by molar-refractivity contribution is -0.117. The van der Waals surface area contributed by atoms with Crippen LogP contribution in [0.1, 0.15) is 5.82 Å². The smallest absolute Gasteiger partial charge is 0.322 e. The standard InChI is InChI=1S/C18H13F2N5O3/c19-11-6-7-14(13(20)8-11)21-16(26)10-24-17(27)22-15-9-23(18(28)25(15)24)12-4-2-1-3-5-12/h1-8H,9-10H2,(H,21,26). The van der Waals surface area contributed by atoms with Crippen molar-refractivity contribution in [1.82, 2.24) is 14.3 Å². The lowest BCUT2D eigenvalue weighted by Gasteiger charge is -2.15. The van der Waals surface area contributed by atoms with Gasteiger partial charge in [0.1, 0.15) is 18.2 Å². The van der Waals surface area contributed by atoms with Crippen LogP contribution in [0.4, 0.5) is 25.0 Å². The molecule has 0 radical (unpaired) electrons. The number of aromatic nitrogens is 3. The molecule has 2 amide bonds. The molecule has 1 aromatic heterocycles. The molecule has 3 aromatic rings. The molecule has 0 atom stereocenters. The number of para-hydroxylation sites is 1. The third-order valence-corrected chi connectivity index (χ3v) is 4.21. The Balaban J connectivity index is 1.57. The number of fused-ring (bicyclic) bond motifs is 1. The van der Waals surface area contributed by atoms with E-state index < -0.39 is 35.8 Å². The Kier molecular flexibility index (Phi) is 4.22. The first-order valence-corrected chi connectivity index (χ1v) is 8.24. The summed E-state index contributed by atoms with van der Waals surface area (Å²) in [5, 5.41) is 2.25. The molecule has 142 valence electrons. The summed E-state index contributed by atoms with van der Waals surface area (Å²) in [4.78, 5) is 42.3. The van der Waals surface area contributed by atoms with Gasteiger partial charge in [-0.15, -0.1) is 0 Å². The van der Waals surface area contributed by atoms with Crippen molar-refractivity contribution in [2.45, 2.75) is 13.1 Å². The number of halogens is 2. The van der Waals surface area contributed by atoms with E-state index in [0.29, 0.717) is 11.8 Å². The fourth-order valence-corrected chi connectivity index (χ4v) is 2.94. The van der Waals surface area contributed by atoms with Gasteiger partial charge in [0, 0.05) is 11.8 Å². The van der Waals surface area contributed by atoms with E-state index in [-0.39, 0.29) is 18.1 Å². The summed E-state index contributed by atoms with van der Waals surface area (Å²) in [5.74, 6) is -2.31. The quantitative estimate of drug-likeness (QED) is 0.744. The number of benzene rings is 2. The molecule has 0 saturated carbocycles. The molecule has 0 fully saturated rings. The van der Waals surface area contributed by atoms with Gasteiger partial charge in [0.05, 0.1) is 12.2 Å². The fourth-order valence-electron chi connectivity index (χ4n) is 2.94. The van der Waals surface area contributed by atoms with Crippen molar-refractivity contribution in [2.75, 3.05) is 10.2 Å². The van der Waals surface area contributed by atoms with Gasteiger partial charge in [-0.05, 0) is 24.3 Å². The largest absolute Gasteiger partial charge is 0.365 e. The Morgan fingerprint density at radius 2 is 1.86 bits per heavy atom. The Morgan fingerprint density at radius 3 is 2.57 bits per heavy atom. The highest BCUT2D eigenvalue weighted by Crippen LogP contribution is 2.22. The molecular formula is C18H13F2N5O3. The lowest BCUT2D eigenvalue weighted by Crippen LogP contribution is -2.36. The van der Waals surface area contributed by atoms with E-state index in [9.17, 15) is 23.2 Å². The van der Waals surface area contributed by atoms with Gasteiger partial charge in [-0.3, -0.25) is 9.69 Å². The molecule has 0 unspecified atom stereocenters. The molecule has 0 spiro atoms. The van der Waals surface area contributed by atoms with Crippen LogP contribution >= 0.6 is 0 Å². The molecule has 8 nitrogen and oxygen atoms in total. The Labute approximate surface area is 156 Å². The van der Waals surface area contributed by atoms with Crippen molar-refractivity contribution in [1.29, 1.82) is 0 Å². The second-order valence-electron chi connectivity index (χ2n) is 6.06. The Hall–Kier alpha value is -3.82. The van der Waals surface area contributed by atoms with Crippen molar-refractivity contribution in [3.8, 4) is 0 Å². The molecule has 2 aromatic carbocycles. The van der Waals surface area contributed by atoms with Crippen molar-refractivity contribution in [3.63, 3.8) is 0 Å². The predicted octanol–water partition coefficient (Wildman–Crippen LogP) is 1.95. The van der Waals surface area contributed by atoms with Crippen LogP contribution in [0, 0.1) is 11.6 Å². The van der Waals surface area contributed by atoms with Crippen LogP contribution in [0.5, 0.6) is 0 Å². The zero-order valence-corrected chi connectivity index (χ0v) is 14.3. The van der Waals surface area contributed by atoms with E-state index in [4.69, 9.17) is 0 Å². The van der Waals surface area contributed by atoms with E-state index in [2.05, 4.69) is 10.3 Å². The molecule has 1 aliphatic heterocycles. The van der Waals surface area contributed by atoms with Gasteiger partial charge in [0.2, 0.25) is 5.91 Å². The van der Waals surface area contributed by atoms with Crippen molar-refractivity contribution < 1.29 is 18.4 Å². The van der Waals surface area contributed by atoms with Crippen LogP contribution in [-0.2, 0) is 17.9 Å². The topological polar surface area (TPSA) is 89.2 Å². The molecule has 2 heterocycles. The number of nitrogens with one attached hydrogen (secondary N) is 1. The van der Waals surface area contributed by atoms with E-state index in [0.717, 1.165) is 21.5 Å². The van der Waals surface area contributed by atoms with Crippen LogP contribution in [-0.4, -0.2) is 26.3 Å². The summed E-state index contributed by atoms with van der Waals surface area (Å²) in [6.07, 6.45) is 0.